The maximum Gasteiger partial charge on any atom is 0.255 e. The van der Waals surface area contributed by atoms with Gasteiger partial charge in [0.05, 0.1) is 20.9 Å². The molecular weight excluding hydrogens is 550 g/mol. The maximum atomic E-state index is 13.8. The number of carbonyl (C=O) groups excluding carboxylic acids is 1. The molecule has 5 atom stereocenters. The van der Waals surface area contributed by atoms with Gasteiger partial charge in [0.25, 0.3) is 5.91 Å². The van der Waals surface area contributed by atoms with Crippen molar-refractivity contribution in [1.29, 1.82) is 0 Å². The highest BCUT2D eigenvalue weighted by Gasteiger charge is 2.59. The number of sulfone groups is 1. The summed E-state index contributed by atoms with van der Waals surface area (Å²) in [4.78, 5) is 16.8. The van der Waals surface area contributed by atoms with Crippen LogP contribution in [0.1, 0.15) is 53.4 Å². The maximum absolute atomic E-state index is 13.8. The summed E-state index contributed by atoms with van der Waals surface area (Å²) >= 11 is 6.29. The molecule has 0 saturated heterocycles. The van der Waals surface area contributed by atoms with Crippen LogP contribution >= 0.6 is 11.6 Å². The third kappa shape index (κ3) is 4.95. The SMILES string of the molecule is Cc1ccnc(C(O)C2(O)C3CC[C@H]2CC(S(=O)(=O)c2cc(C(=O)Nc4ccc(F)c(F)c4)ccc2Cl)C3)c1. The average molecular weight is 577 g/mol. The lowest BCUT2D eigenvalue weighted by molar-refractivity contribution is -0.145. The van der Waals surface area contributed by atoms with Crippen LogP contribution in [-0.4, -0.2) is 40.4 Å². The molecule has 1 amide bonds. The number of aromatic nitrogens is 1. The summed E-state index contributed by atoms with van der Waals surface area (Å²) in [6.45, 7) is 1.86. The Kier molecular flexibility index (Phi) is 7.26. The second-order valence-electron chi connectivity index (χ2n) is 10.4. The highest BCUT2D eigenvalue weighted by atomic mass is 35.5. The summed E-state index contributed by atoms with van der Waals surface area (Å²) in [7, 11) is -4.04. The van der Waals surface area contributed by atoms with Crippen LogP contribution in [0, 0.1) is 30.4 Å². The molecule has 0 radical (unpaired) electrons. The van der Waals surface area contributed by atoms with Gasteiger partial charge in [0, 0.05) is 23.5 Å². The number of nitrogens with one attached hydrogen (secondary N) is 1. The molecule has 2 aliphatic carbocycles. The van der Waals surface area contributed by atoms with Crippen molar-refractivity contribution < 1.29 is 32.2 Å². The molecule has 7 nitrogen and oxygen atoms in total. The highest BCUT2D eigenvalue weighted by Crippen LogP contribution is 2.56. The van der Waals surface area contributed by atoms with Crippen LogP contribution in [-0.2, 0) is 9.84 Å². The Hall–Kier alpha value is -2.92. The molecule has 2 aliphatic rings. The van der Waals surface area contributed by atoms with Gasteiger partial charge in [-0.05, 0) is 92.5 Å². The Bertz CT molecular complexity index is 1540. The predicted octanol–water partition coefficient (Wildman–Crippen LogP) is 5.00. The molecule has 2 aromatic carbocycles. The molecule has 1 aromatic heterocycles. The Morgan fingerprint density at radius 3 is 2.41 bits per heavy atom. The van der Waals surface area contributed by atoms with E-state index < -0.39 is 56.2 Å². The molecule has 4 unspecified atom stereocenters. The molecule has 3 N–H and O–H groups in total. The van der Waals surface area contributed by atoms with Gasteiger partial charge in [0.15, 0.2) is 21.5 Å². The van der Waals surface area contributed by atoms with Crippen molar-refractivity contribution in [1.82, 2.24) is 4.98 Å². The molecule has 11 heteroatoms. The summed E-state index contributed by atoms with van der Waals surface area (Å²) in [5.74, 6) is -3.88. The molecule has 2 bridgehead atoms. The van der Waals surface area contributed by atoms with E-state index in [9.17, 15) is 32.2 Å². The lowest BCUT2D eigenvalue weighted by atomic mass is 9.70. The number of halogens is 3. The second-order valence-corrected chi connectivity index (χ2v) is 13.0. The summed E-state index contributed by atoms with van der Waals surface area (Å²) in [5, 5.41) is 24.3. The van der Waals surface area contributed by atoms with Gasteiger partial charge in [-0.25, -0.2) is 17.2 Å². The van der Waals surface area contributed by atoms with Gasteiger partial charge in [0.2, 0.25) is 0 Å². The molecule has 0 spiro atoms. The fourth-order valence-electron chi connectivity index (χ4n) is 6.01. The number of fused-ring (bicyclic) bond motifs is 2. The number of aliphatic hydroxyl groups is 2. The monoisotopic (exact) mass is 576 g/mol. The van der Waals surface area contributed by atoms with E-state index in [1.54, 1.807) is 18.3 Å². The van der Waals surface area contributed by atoms with E-state index in [4.69, 9.17) is 11.6 Å². The predicted molar refractivity (Wildman–Crippen MR) is 141 cm³/mol. The summed E-state index contributed by atoms with van der Waals surface area (Å²) in [6, 6.07) is 10.2. The minimum absolute atomic E-state index is 0.00283. The zero-order chi connectivity index (χ0) is 28.1. The summed E-state index contributed by atoms with van der Waals surface area (Å²) in [5.41, 5.74) is -0.308. The van der Waals surface area contributed by atoms with Gasteiger partial charge >= 0.3 is 0 Å². The molecule has 2 fully saturated rings. The third-order valence-electron chi connectivity index (χ3n) is 8.04. The van der Waals surface area contributed by atoms with E-state index in [0.29, 0.717) is 18.5 Å². The smallest absolute Gasteiger partial charge is 0.255 e. The first-order valence-corrected chi connectivity index (χ1v) is 14.5. The Labute approximate surface area is 229 Å². The van der Waals surface area contributed by atoms with Crippen LogP contribution in [0.15, 0.2) is 59.6 Å². The van der Waals surface area contributed by atoms with Crippen LogP contribution in [0.2, 0.25) is 5.02 Å². The zero-order valence-electron chi connectivity index (χ0n) is 20.9. The van der Waals surface area contributed by atoms with Gasteiger partial charge < -0.3 is 15.5 Å². The topological polar surface area (TPSA) is 117 Å². The van der Waals surface area contributed by atoms with E-state index >= 15 is 0 Å². The Morgan fingerprint density at radius 1 is 1.08 bits per heavy atom. The quantitative estimate of drug-likeness (QED) is 0.380. The summed E-state index contributed by atoms with van der Waals surface area (Å²) in [6.07, 6.45) is 1.64. The molecular formula is C28H27ClF2N2O5S. The molecule has 39 heavy (non-hydrogen) atoms. The number of pyridine rings is 1. The first-order chi connectivity index (χ1) is 18.4. The number of anilines is 1. The van der Waals surface area contributed by atoms with Crippen molar-refractivity contribution >= 4 is 33.0 Å². The minimum Gasteiger partial charge on any atom is -0.386 e. The first-order valence-electron chi connectivity index (χ1n) is 12.5. The fourth-order valence-corrected chi connectivity index (χ4v) is 8.41. The van der Waals surface area contributed by atoms with E-state index in [-0.39, 0.29) is 34.0 Å². The average Bonchev–Trinajstić information content (AvgIpc) is 3.05. The lowest BCUT2D eigenvalue weighted by Crippen LogP contribution is -2.52. The lowest BCUT2D eigenvalue weighted by Gasteiger charge is -2.45. The minimum atomic E-state index is -4.04. The standard InChI is InChI=1S/C28H27ClF2N2O5S/c1-15-8-9-32-24(10-15)26(34)28(36)17-3-4-18(28)13-20(12-17)39(37,38)25-11-16(2-6-21(25)29)27(35)33-19-5-7-22(30)23(31)14-19/h2,5-11,14,17-18,20,26,34,36H,3-4,12-13H2,1H3,(H,33,35)/t17-,18?,20?,26?,28?/m0/s1. The summed E-state index contributed by atoms with van der Waals surface area (Å²) < 4.78 is 54.3. The fraction of sp³-hybridized carbons (Fsp3) is 0.357. The number of carbonyl (C=O) groups is 1. The normalized spacial score (nSPS) is 25.3. The van der Waals surface area contributed by atoms with E-state index in [1.165, 1.54) is 24.3 Å². The number of rotatable bonds is 6. The van der Waals surface area contributed by atoms with Crippen LogP contribution in [0.5, 0.6) is 0 Å². The van der Waals surface area contributed by atoms with Crippen LogP contribution < -0.4 is 5.32 Å². The number of hydrogen-bond acceptors (Lipinski definition) is 6. The van der Waals surface area contributed by atoms with Crippen LogP contribution in [0.4, 0.5) is 14.5 Å². The molecule has 206 valence electrons. The number of amides is 1. The Balaban J connectivity index is 1.39. The van der Waals surface area contributed by atoms with Crippen molar-refractivity contribution in [2.45, 2.75) is 54.5 Å². The van der Waals surface area contributed by atoms with E-state index in [2.05, 4.69) is 10.3 Å². The Morgan fingerprint density at radius 2 is 1.77 bits per heavy atom. The molecule has 3 aromatic rings. The molecule has 2 saturated carbocycles. The van der Waals surface area contributed by atoms with Crippen molar-refractivity contribution in [3.8, 4) is 0 Å². The van der Waals surface area contributed by atoms with E-state index in [0.717, 1.165) is 17.7 Å². The van der Waals surface area contributed by atoms with Gasteiger partial charge in [-0.2, -0.15) is 0 Å². The molecule has 0 aliphatic heterocycles. The van der Waals surface area contributed by atoms with Crippen molar-refractivity contribution in [2.24, 2.45) is 11.8 Å². The number of hydrogen-bond donors (Lipinski definition) is 3. The third-order valence-corrected chi connectivity index (χ3v) is 10.7. The highest BCUT2D eigenvalue weighted by molar-refractivity contribution is 7.92. The molecule has 1 heterocycles. The van der Waals surface area contributed by atoms with Gasteiger partial charge in [-0.3, -0.25) is 9.78 Å². The van der Waals surface area contributed by atoms with Crippen LogP contribution in [0.3, 0.4) is 0 Å². The van der Waals surface area contributed by atoms with Gasteiger partial charge in [-0.1, -0.05) is 11.6 Å². The number of aryl methyl sites for hydroxylation is 1. The van der Waals surface area contributed by atoms with Gasteiger partial charge in [0.1, 0.15) is 11.7 Å². The first kappa shape index (κ1) is 27.6. The zero-order valence-corrected chi connectivity index (χ0v) is 22.5. The van der Waals surface area contributed by atoms with E-state index in [1.807, 2.05) is 6.92 Å². The second kappa shape index (κ2) is 10.2. The van der Waals surface area contributed by atoms with Crippen molar-refractivity contribution in [3.05, 3.63) is 88.2 Å². The molecule has 5 rings (SSSR count). The van der Waals surface area contributed by atoms with Crippen molar-refractivity contribution in [2.75, 3.05) is 5.32 Å². The number of benzene rings is 2. The van der Waals surface area contributed by atoms with Crippen molar-refractivity contribution in [3.63, 3.8) is 0 Å². The number of aliphatic hydroxyl groups excluding tert-OH is 1. The van der Waals surface area contributed by atoms with Crippen LogP contribution in [0.25, 0.3) is 0 Å². The van der Waals surface area contributed by atoms with Gasteiger partial charge in [-0.15, -0.1) is 0 Å². The number of nitrogens with zero attached hydrogens (tertiary/aromatic N) is 1. The largest absolute Gasteiger partial charge is 0.386 e.